The molecule has 0 N–H and O–H groups in total. The van der Waals surface area contributed by atoms with E-state index in [0.717, 1.165) is 45.0 Å². The quantitative estimate of drug-likeness (QED) is 0.815. The molecule has 1 aliphatic rings. The standard InChI is InChI=1S/C16H25NO2/c1-13-4-5-16(12-14(13)2)19-11-8-17(3)15-6-9-18-10-7-15/h4-5,12,15H,6-11H2,1-3H3. The molecule has 1 saturated heterocycles. The van der Waals surface area contributed by atoms with E-state index in [1.165, 1.54) is 11.1 Å². The van der Waals surface area contributed by atoms with E-state index in [4.69, 9.17) is 9.47 Å². The van der Waals surface area contributed by atoms with E-state index in [2.05, 4.69) is 44.0 Å². The van der Waals surface area contributed by atoms with Crippen molar-refractivity contribution in [3.8, 4) is 5.75 Å². The summed E-state index contributed by atoms with van der Waals surface area (Å²) in [5, 5.41) is 0. The molecular formula is C16H25NO2. The van der Waals surface area contributed by atoms with Crippen LogP contribution in [0.3, 0.4) is 0 Å². The minimum Gasteiger partial charge on any atom is -0.492 e. The van der Waals surface area contributed by atoms with Crippen LogP contribution in [0, 0.1) is 13.8 Å². The van der Waals surface area contributed by atoms with Crippen LogP contribution in [0.5, 0.6) is 5.75 Å². The van der Waals surface area contributed by atoms with E-state index < -0.39 is 0 Å². The lowest BCUT2D eigenvalue weighted by atomic mass is 10.1. The number of aryl methyl sites for hydroxylation is 2. The average Bonchev–Trinajstić information content (AvgIpc) is 2.43. The first-order valence-electron chi connectivity index (χ1n) is 7.15. The normalized spacial score (nSPS) is 16.8. The maximum absolute atomic E-state index is 5.83. The molecule has 0 aliphatic carbocycles. The third-order valence-electron chi connectivity index (χ3n) is 4.01. The van der Waals surface area contributed by atoms with Crippen molar-refractivity contribution in [1.29, 1.82) is 0 Å². The van der Waals surface area contributed by atoms with Crippen molar-refractivity contribution in [3.63, 3.8) is 0 Å². The molecule has 1 fully saturated rings. The molecule has 3 nitrogen and oxygen atoms in total. The molecule has 0 amide bonds. The van der Waals surface area contributed by atoms with Gasteiger partial charge in [0.2, 0.25) is 0 Å². The van der Waals surface area contributed by atoms with Gasteiger partial charge in [0, 0.05) is 25.8 Å². The Labute approximate surface area is 116 Å². The molecule has 0 aromatic heterocycles. The molecule has 0 radical (unpaired) electrons. The molecule has 1 aliphatic heterocycles. The summed E-state index contributed by atoms with van der Waals surface area (Å²) in [6.45, 7) is 7.75. The zero-order chi connectivity index (χ0) is 13.7. The molecular weight excluding hydrogens is 238 g/mol. The zero-order valence-corrected chi connectivity index (χ0v) is 12.3. The molecule has 106 valence electrons. The van der Waals surface area contributed by atoms with Crippen LogP contribution in [0.15, 0.2) is 18.2 Å². The SMILES string of the molecule is Cc1ccc(OCCN(C)C2CCOCC2)cc1C. The van der Waals surface area contributed by atoms with Crippen molar-refractivity contribution in [2.45, 2.75) is 32.7 Å². The summed E-state index contributed by atoms with van der Waals surface area (Å²) in [7, 11) is 2.18. The monoisotopic (exact) mass is 263 g/mol. The highest BCUT2D eigenvalue weighted by Gasteiger charge is 2.17. The summed E-state index contributed by atoms with van der Waals surface area (Å²) < 4.78 is 11.2. The van der Waals surface area contributed by atoms with Crippen LogP contribution in [-0.4, -0.2) is 44.4 Å². The van der Waals surface area contributed by atoms with Crippen LogP contribution in [0.2, 0.25) is 0 Å². The van der Waals surface area contributed by atoms with Gasteiger partial charge in [0.15, 0.2) is 0 Å². The van der Waals surface area contributed by atoms with Crippen molar-refractivity contribution < 1.29 is 9.47 Å². The fourth-order valence-electron chi connectivity index (χ4n) is 2.42. The van der Waals surface area contributed by atoms with Gasteiger partial charge in [-0.2, -0.15) is 0 Å². The predicted octanol–water partition coefficient (Wildman–Crippen LogP) is 2.79. The zero-order valence-electron chi connectivity index (χ0n) is 12.3. The summed E-state index contributed by atoms with van der Waals surface area (Å²) in [4.78, 5) is 2.39. The van der Waals surface area contributed by atoms with Gasteiger partial charge in [-0.15, -0.1) is 0 Å². The maximum Gasteiger partial charge on any atom is 0.119 e. The molecule has 1 aromatic rings. The number of nitrogens with zero attached hydrogens (tertiary/aromatic N) is 1. The van der Waals surface area contributed by atoms with Gasteiger partial charge in [-0.3, -0.25) is 4.90 Å². The van der Waals surface area contributed by atoms with Crippen LogP contribution in [0.1, 0.15) is 24.0 Å². The van der Waals surface area contributed by atoms with E-state index in [9.17, 15) is 0 Å². The van der Waals surface area contributed by atoms with Gasteiger partial charge < -0.3 is 9.47 Å². The first kappa shape index (κ1) is 14.4. The van der Waals surface area contributed by atoms with Crippen LogP contribution in [0.4, 0.5) is 0 Å². The number of benzene rings is 1. The molecule has 0 saturated carbocycles. The number of hydrogen-bond acceptors (Lipinski definition) is 3. The molecule has 0 atom stereocenters. The topological polar surface area (TPSA) is 21.7 Å². The Morgan fingerprint density at radius 1 is 1.21 bits per heavy atom. The van der Waals surface area contributed by atoms with Crippen molar-refractivity contribution in [1.82, 2.24) is 4.90 Å². The summed E-state index contributed by atoms with van der Waals surface area (Å²) in [6.07, 6.45) is 2.28. The highest BCUT2D eigenvalue weighted by Crippen LogP contribution is 2.17. The van der Waals surface area contributed by atoms with Crippen LogP contribution in [-0.2, 0) is 4.74 Å². The van der Waals surface area contributed by atoms with Crippen molar-refractivity contribution in [3.05, 3.63) is 29.3 Å². The molecule has 0 unspecified atom stereocenters. The van der Waals surface area contributed by atoms with Crippen molar-refractivity contribution in [2.24, 2.45) is 0 Å². The van der Waals surface area contributed by atoms with Gasteiger partial charge in [0.25, 0.3) is 0 Å². The second-order valence-corrected chi connectivity index (χ2v) is 5.42. The molecule has 2 rings (SSSR count). The lowest BCUT2D eigenvalue weighted by molar-refractivity contribution is 0.0392. The number of hydrogen-bond donors (Lipinski definition) is 0. The Morgan fingerprint density at radius 3 is 2.63 bits per heavy atom. The average molecular weight is 263 g/mol. The first-order valence-corrected chi connectivity index (χ1v) is 7.15. The number of rotatable bonds is 5. The highest BCUT2D eigenvalue weighted by atomic mass is 16.5. The summed E-state index contributed by atoms with van der Waals surface area (Å²) in [5.74, 6) is 0.975. The van der Waals surface area contributed by atoms with Crippen LogP contribution >= 0.6 is 0 Å². The lowest BCUT2D eigenvalue weighted by Crippen LogP contribution is -2.38. The third-order valence-corrected chi connectivity index (χ3v) is 4.01. The Kier molecular flexibility index (Phi) is 5.23. The number of likely N-dealkylation sites (N-methyl/N-ethyl adjacent to an activating group) is 1. The molecule has 0 bridgehead atoms. The van der Waals surface area contributed by atoms with Gasteiger partial charge >= 0.3 is 0 Å². The minimum atomic E-state index is 0.650. The van der Waals surface area contributed by atoms with E-state index in [0.29, 0.717) is 6.04 Å². The predicted molar refractivity (Wildman–Crippen MR) is 77.9 cm³/mol. The summed E-state index contributed by atoms with van der Waals surface area (Å²) in [5.41, 5.74) is 2.60. The molecule has 19 heavy (non-hydrogen) atoms. The van der Waals surface area contributed by atoms with Gasteiger partial charge in [-0.1, -0.05) is 6.07 Å². The molecule has 1 heterocycles. The molecule has 3 heteroatoms. The summed E-state index contributed by atoms with van der Waals surface area (Å²) in [6, 6.07) is 6.94. The van der Waals surface area contributed by atoms with E-state index in [1.54, 1.807) is 0 Å². The first-order chi connectivity index (χ1) is 9.16. The third kappa shape index (κ3) is 4.22. The van der Waals surface area contributed by atoms with E-state index in [-0.39, 0.29) is 0 Å². The maximum atomic E-state index is 5.83. The second kappa shape index (κ2) is 6.92. The molecule has 0 spiro atoms. The van der Waals surface area contributed by atoms with Gasteiger partial charge in [0.05, 0.1) is 0 Å². The summed E-state index contributed by atoms with van der Waals surface area (Å²) >= 11 is 0. The fraction of sp³-hybridized carbons (Fsp3) is 0.625. The van der Waals surface area contributed by atoms with Crippen LogP contribution in [0.25, 0.3) is 0 Å². The Hall–Kier alpha value is -1.06. The largest absolute Gasteiger partial charge is 0.492 e. The Balaban J connectivity index is 1.74. The van der Waals surface area contributed by atoms with Crippen molar-refractivity contribution in [2.75, 3.05) is 33.4 Å². The Morgan fingerprint density at radius 2 is 1.95 bits per heavy atom. The van der Waals surface area contributed by atoms with Gasteiger partial charge in [-0.05, 0) is 57.0 Å². The van der Waals surface area contributed by atoms with E-state index in [1.807, 2.05) is 0 Å². The van der Waals surface area contributed by atoms with E-state index >= 15 is 0 Å². The minimum absolute atomic E-state index is 0.650. The van der Waals surface area contributed by atoms with Crippen LogP contribution < -0.4 is 4.74 Å². The lowest BCUT2D eigenvalue weighted by Gasteiger charge is -2.31. The Bertz CT molecular complexity index is 400. The number of ether oxygens (including phenoxy) is 2. The van der Waals surface area contributed by atoms with Gasteiger partial charge in [-0.25, -0.2) is 0 Å². The second-order valence-electron chi connectivity index (χ2n) is 5.42. The van der Waals surface area contributed by atoms with Crippen molar-refractivity contribution >= 4 is 0 Å². The highest BCUT2D eigenvalue weighted by molar-refractivity contribution is 5.33. The fourth-order valence-corrected chi connectivity index (χ4v) is 2.42. The van der Waals surface area contributed by atoms with Gasteiger partial charge in [0.1, 0.15) is 12.4 Å². The molecule has 1 aromatic carbocycles. The smallest absolute Gasteiger partial charge is 0.119 e.